The number of carbonyl (C=O) groups is 1. The molecule has 0 atom stereocenters. The van der Waals surface area contributed by atoms with Gasteiger partial charge in [-0.2, -0.15) is 0 Å². The summed E-state index contributed by atoms with van der Waals surface area (Å²) in [4.78, 5) is 14.6. The Morgan fingerprint density at radius 1 is 1.43 bits per heavy atom. The van der Waals surface area contributed by atoms with Crippen molar-refractivity contribution >= 4 is 28.9 Å². The fourth-order valence-electron chi connectivity index (χ4n) is 2.54. The summed E-state index contributed by atoms with van der Waals surface area (Å²) in [7, 11) is 3.85. The molecule has 1 aliphatic rings. The van der Waals surface area contributed by atoms with Gasteiger partial charge >= 0.3 is 0 Å². The smallest absolute Gasteiger partial charge is 0.232 e. The van der Waals surface area contributed by atoms with Crippen molar-refractivity contribution in [2.24, 2.45) is 11.1 Å². The van der Waals surface area contributed by atoms with Crippen LogP contribution in [0, 0.1) is 5.41 Å². The first-order chi connectivity index (χ1) is 9.98. The van der Waals surface area contributed by atoms with E-state index in [1.165, 1.54) is 0 Å². The van der Waals surface area contributed by atoms with Gasteiger partial charge in [0.05, 0.1) is 16.8 Å². The van der Waals surface area contributed by atoms with Crippen molar-refractivity contribution < 1.29 is 9.53 Å². The Labute approximate surface area is 130 Å². The van der Waals surface area contributed by atoms with Crippen molar-refractivity contribution in [1.29, 1.82) is 0 Å². The molecule has 1 aromatic carbocycles. The van der Waals surface area contributed by atoms with Crippen molar-refractivity contribution in [2.45, 2.75) is 12.8 Å². The third-order valence-electron chi connectivity index (χ3n) is 4.01. The van der Waals surface area contributed by atoms with E-state index < -0.39 is 5.41 Å². The Morgan fingerprint density at radius 2 is 2.10 bits per heavy atom. The minimum absolute atomic E-state index is 0.0568. The zero-order chi connectivity index (χ0) is 15.5. The number of carbonyl (C=O) groups excluding carboxylic acids is 1. The molecule has 0 aromatic heterocycles. The van der Waals surface area contributed by atoms with Crippen molar-refractivity contribution in [3.05, 3.63) is 23.2 Å². The number of amides is 1. The van der Waals surface area contributed by atoms with Gasteiger partial charge in [-0.05, 0) is 31.0 Å². The van der Waals surface area contributed by atoms with E-state index in [-0.39, 0.29) is 5.91 Å². The summed E-state index contributed by atoms with van der Waals surface area (Å²) < 4.78 is 5.34. The normalized spacial score (nSPS) is 17.3. The largest absolute Gasteiger partial charge is 0.381 e. The first-order valence-electron chi connectivity index (χ1n) is 7.05. The zero-order valence-electron chi connectivity index (χ0n) is 12.5. The number of hydrogen-bond donors (Lipinski definition) is 2. The Morgan fingerprint density at radius 3 is 2.67 bits per heavy atom. The standard InChI is InChI=1S/C15H22ClN3O2/c1-19(2)13-4-3-11(16)9-12(13)18-14(20)15(10-17)5-7-21-8-6-15/h3-4,9H,5-8,10,17H2,1-2H3,(H,18,20). The molecule has 1 heterocycles. The van der Waals surface area contributed by atoms with Crippen LogP contribution in [-0.4, -0.2) is 39.8 Å². The Hall–Kier alpha value is -1.30. The van der Waals surface area contributed by atoms with Gasteiger partial charge in [-0.15, -0.1) is 0 Å². The van der Waals surface area contributed by atoms with Gasteiger partial charge in [0, 0.05) is 38.9 Å². The molecule has 3 N–H and O–H groups in total. The van der Waals surface area contributed by atoms with Crippen LogP contribution in [0.15, 0.2) is 18.2 Å². The van der Waals surface area contributed by atoms with E-state index >= 15 is 0 Å². The number of benzene rings is 1. The van der Waals surface area contributed by atoms with Gasteiger partial charge in [0.25, 0.3) is 0 Å². The molecule has 0 spiro atoms. The van der Waals surface area contributed by atoms with Crippen LogP contribution in [0.2, 0.25) is 5.02 Å². The number of nitrogens with one attached hydrogen (secondary N) is 1. The lowest BCUT2D eigenvalue weighted by Gasteiger charge is -2.35. The van der Waals surface area contributed by atoms with Gasteiger partial charge in [-0.25, -0.2) is 0 Å². The average molecular weight is 312 g/mol. The molecule has 1 saturated heterocycles. The fraction of sp³-hybridized carbons (Fsp3) is 0.533. The van der Waals surface area contributed by atoms with Crippen molar-refractivity contribution in [3.63, 3.8) is 0 Å². The molecule has 2 rings (SSSR count). The Kier molecular flexibility index (Phi) is 5.08. The molecule has 0 bridgehead atoms. The third kappa shape index (κ3) is 3.48. The van der Waals surface area contributed by atoms with Crippen LogP contribution in [0.4, 0.5) is 11.4 Å². The molecule has 0 radical (unpaired) electrons. The van der Waals surface area contributed by atoms with Gasteiger partial charge in [0.1, 0.15) is 0 Å². The number of ether oxygens (including phenoxy) is 1. The van der Waals surface area contributed by atoms with E-state index in [0.717, 1.165) is 5.69 Å². The molecule has 1 amide bonds. The summed E-state index contributed by atoms with van der Waals surface area (Å²) in [6.45, 7) is 1.46. The van der Waals surface area contributed by atoms with Crippen LogP contribution in [0.3, 0.4) is 0 Å². The molecule has 0 unspecified atom stereocenters. The Balaban J connectivity index is 2.24. The number of nitrogens with two attached hydrogens (primary N) is 1. The first-order valence-corrected chi connectivity index (χ1v) is 7.42. The average Bonchev–Trinajstić information content (AvgIpc) is 2.47. The van der Waals surface area contributed by atoms with Gasteiger partial charge in [-0.1, -0.05) is 11.6 Å². The highest BCUT2D eigenvalue weighted by Gasteiger charge is 2.39. The van der Waals surface area contributed by atoms with E-state index in [1.807, 2.05) is 25.1 Å². The van der Waals surface area contributed by atoms with Crippen LogP contribution in [0.5, 0.6) is 0 Å². The fourth-order valence-corrected chi connectivity index (χ4v) is 2.71. The molecular weight excluding hydrogens is 290 g/mol. The summed E-state index contributed by atoms with van der Waals surface area (Å²) in [5.74, 6) is -0.0568. The first kappa shape index (κ1) is 16.1. The van der Waals surface area contributed by atoms with Crippen molar-refractivity contribution in [3.8, 4) is 0 Å². The monoisotopic (exact) mass is 311 g/mol. The van der Waals surface area contributed by atoms with Crippen LogP contribution in [-0.2, 0) is 9.53 Å². The van der Waals surface area contributed by atoms with Gasteiger partial charge in [0.15, 0.2) is 0 Å². The lowest BCUT2D eigenvalue weighted by atomic mass is 9.79. The van der Waals surface area contributed by atoms with Crippen molar-refractivity contribution in [1.82, 2.24) is 0 Å². The molecular formula is C15H22ClN3O2. The maximum atomic E-state index is 12.7. The molecule has 1 fully saturated rings. The summed E-state index contributed by atoms with van der Waals surface area (Å²) in [5.41, 5.74) is 6.93. The van der Waals surface area contributed by atoms with Crippen LogP contribution in [0.1, 0.15) is 12.8 Å². The highest BCUT2D eigenvalue weighted by molar-refractivity contribution is 6.31. The molecule has 6 heteroatoms. The summed E-state index contributed by atoms with van der Waals surface area (Å²) in [6, 6.07) is 5.45. The number of halogens is 1. The molecule has 0 saturated carbocycles. The van der Waals surface area contributed by atoms with Gasteiger partial charge in [0.2, 0.25) is 5.91 Å². The Bertz CT molecular complexity index is 514. The van der Waals surface area contributed by atoms with E-state index in [0.29, 0.717) is 43.3 Å². The molecule has 0 aliphatic carbocycles. The second-order valence-corrected chi connectivity index (χ2v) is 6.04. The third-order valence-corrected chi connectivity index (χ3v) is 4.25. The van der Waals surface area contributed by atoms with Crippen LogP contribution >= 0.6 is 11.6 Å². The predicted molar refractivity (Wildman–Crippen MR) is 85.9 cm³/mol. The number of rotatable bonds is 4. The number of anilines is 2. The highest BCUT2D eigenvalue weighted by Crippen LogP contribution is 2.33. The van der Waals surface area contributed by atoms with Crippen molar-refractivity contribution in [2.75, 3.05) is 44.1 Å². The lowest BCUT2D eigenvalue weighted by molar-refractivity contribution is -0.130. The van der Waals surface area contributed by atoms with Crippen LogP contribution in [0.25, 0.3) is 0 Å². The second-order valence-electron chi connectivity index (χ2n) is 5.61. The molecule has 5 nitrogen and oxygen atoms in total. The summed E-state index contributed by atoms with van der Waals surface area (Å²) in [6.07, 6.45) is 1.29. The highest BCUT2D eigenvalue weighted by atomic mass is 35.5. The minimum Gasteiger partial charge on any atom is -0.381 e. The van der Waals surface area contributed by atoms with E-state index in [4.69, 9.17) is 22.1 Å². The van der Waals surface area contributed by atoms with E-state index in [2.05, 4.69) is 5.32 Å². The van der Waals surface area contributed by atoms with Crippen LogP contribution < -0.4 is 16.0 Å². The van der Waals surface area contributed by atoms with E-state index in [9.17, 15) is 4.79 Å². The van der Waals surface area contributed by atoms with Gasteiger partial charge in [-0.3, -0.25) is 4.79 Å². The maximum Gasteiger partial charge on any atom is 0.232 e. The SMILES string of the molecule is CN(C)c1ccc(Cl)cc1NC(=O)C1(CN)CCOCC1. The number of nitrogens with zero attached hydrogens (tertiary/aromatic N) is 1. The number of hydrogen-bond acceptors (Lipinski definition) is 4. The lowest BCUT2D eigenvalue weighted by Crippen LogP contribution is -2.46. The molecule has 21 heavy (non-hydrogen) atoms. The van der Waals surface area contributed by atoms with Gasteiger partial charge < -0.3 is 20.7 Å². The topological polar surface area (TPSA) is 67.6 Å². The summed E-state index contributed by atoms with van der Waals surface area (Å²) in [5, 5.41) is 3.58. The second kappa shape index (κ2) is 6.64. The molecule has 116 valence electrons. The molecule has 1 aliphatic heterocycles. The minimum atomic E-state index is -0.551. The predicted octanol–water partition coefficient (Wildman–Crippen LogP) is 2.10. The molecule has 1 aromatic rings. The van der Waals surface area contributed by atoms with E-state index in [1.54, 1.807) is 12.1 Å². The maximum absolute atomic E-state index is 12.7. The quantitative estimate of drug-likeness (QED) is 0.893. The summed E-state index contributed by atoms with van der Waals surface area (Å²) >= 11 is 6.04. The zero-order valence-corrected chi connectivity index (χ0v) is 13.2.